The summed E-state index contributed by atoms with van der Waals surface area (Å²) >= 11 is 0. The van der Waals surface area contributed by atoms with Crippen molar-refractivity contribution in [3.05, 3.63) is 36.5 Å². The van der Waals surface area contributed by atoms with Crippen LogP contribution >= 0.6 is 0 Å². The topological polar surface area (TPSA) is 1140 Å². The molecule has 0 saturated carbocycles. The van der Waals surface area contributed by atoms with E-state index in [0.717, 1.165) is 18.4 Å². The molecule has 5 saturated heterocycles. The molecule has 1 aromatic heterocycles. The molecule has 5 aliphatic rings. The van der Waals surface area contributed by atoms with Crippen LogP contribution in [0.3, 0.4) is 0 Å². The van der Waals surface area contributed by atoms with E-state index in [4.69, 9.17) is 47.4 Å². The van der Waals surface area contributed by atoms with Gasteiger partial charge in [0.25, 0.3) is 0 Å². The van der Waals surface area contributed by atoms with Crippen LogP contribution in [0.2, 0.25) is 0 Å². The minimum Gasteiger partial charge on any atom is -0.350 e. The fourth-order valence-electron chi connectivity index (χ4n) is 13.5. The highest BCUT2D eigenvalue weighted by atomic mass is 32.3. The van der Waals surface area contributed by atoms with Crippen LogP contribution in [-0.2, 0) is 287 Å². The van der Waals surface area contributed by atoms with E-state index in [1.54, 1.807) is 10.9 Å². The number of hydrogen-bond donors (Lipinski definition) is 16. The molecule has 836 valence electrons. The fourth-order valence-corrected chi connectivity index (χ4v) is 20.5. The van der Waals surface area contributed by atoms with Crippen molar-refractivity contribution < 1.29 is 322 Å². The summed E-state index contributed by atoms with van der Waals surface area (Å²) in [5.74, 6) is 0. The number of unbranched alkanes of at least 4 members (excludes halogenated alkanes) is 9. The molecule has 1 aromatic carbocycles. The van der Waals surface area contributed by atoms with Gasteiger partial charge in [-0.25, -0.2) is 66.9 Å². The van der Waals surface area contributed by atoms with Gasteiger partial charge in [0.2, 0.25) is 0 Å². The van der Waals surface area contributed by atoms with Crippen LogP contribution in [0.4, 0.5) is 0 Å². The van der Waals surface area contributed by atoms with Gasteiger partial charge < -0.3 is 47.4 Å². The molecule has 5 fully saturated rings. The van der Waals surface area contributed by atoms with Gasteiger partial charge in [0.15, 0.2) is 55.9 Å². The molecule has 16 N–H and O–H groups in total. The summed E-state index contributed by atoms with van der Waals surface area (Å²) in [6.07, 6.45) is -89.0. The first-order valence-electron chi connectivity index (χ1n) is 37.6. The van der Waals surface area contributed by atoms with Crippen molar-refractivity contribution in [2.45, 2.75) is 224 Å². The Labute approximate surface area is 809 Å². The van der Waals surface area contributed by atoms with Crippen molar-refractivity contribution in [3.63, 3.8) is 0 Å². The standard InChI is InChI=1S/C50H81N3O74S16/c54-128(55,56)103-19-26-31(117-133(69,70)71)36(113-48-43(125-141(93,94)95)37(32(118-134(72,73)74)27(110-48)20-104-129(57,58)59)115-50-45(127-143(99,100)101)40(123-139(87,88)89)35(121-137(81,82)83)30(112-50)23-107-132(66,67)68)42(124-140(90,91)92)47(109-26)114-38-33(119-135(75,76)77)28(21-105-130(60,61)62)111-49(44(38)126-142(96,97)98)116-41-39(122-138(84,85)86)34(120-136(78,79)80)29(22-106-131(63,64)65)108-46(41)102-17-13-8-6-4-2-1-3-5-7-12-16-53-18-25(51-52-53)24-14-10-9-11-15-24/h9-11,14-15,18,26-50H,1-8,12-13,16-17,19-23H2,(H,54,55,56)(H,57,58,59)(H,60,61,62)(H,63,64,65)(H,66,67,68)(H,69,70,71)(H,72,73,74)(H,75,76,77)(H,78,79,80)(H,81,82,83)(H,84,85,86)(H,87,88,89)(H,90,91,92)(H,93,94,95)(H,96,97,98)(H,99,100,101)/t26-,27-,28-,29-,30-,31-,32-,33-,34-,35-,36+,37+,38+,39+,40+,41+,42+,43+,44+,45+,46+,47-,48-,49-,50-/m1/s1. The predicted molar refractivity (Wildman–Crippen MR) is 429 cm³/mol. The molecule has 0 bridgehead atoms. The van der Waals surface area contributed by atoms with E-state index in [0.29, 0.717) is 44.3 Å². The average molecular weight is 2420 g/mol. The first kappa shape index (κ1) is 126. The van der Waals surface area contributed by atoms with Crippen LogP contribution in [0.25, 0.3) is 11.3 Å². The lowest BCUT2D eigenvalue weighted by Gasteiger charge is -2.51. The van der Waals surface area contributed by atoms with Crippen molar-refractivity contribution in [3.8, 4) is 11.3 Å². The van der Waals surface area contributed by atoms with Gasteiger partial charge in [0.1, 0.15) is 103 Å². The molecule has 0 amide bonds. The Morgan fingerprint density at radius 3 is 0.706 bits per heavy atom. The van der Waals surface area contributed by atoms with Crippen LogP contribution in [-0.4, -0.2) is 416 Å². The second-order valence-electron chi connectivity index (χ2n) is 28.7. The number of nitrogens with zero attached hydrogens (tertiary/aromatic N) is 3. The lowest BCUT2D eigenvalue weighted by molar-refractivity contribution is -0.388. The van der Waals surface area contributed by atoms with Crippen LogP contribution in [0, 0.1) is 0 Å². The van der Waals surface area contributed by atoms with Crippen molar-refractivity contribution in [2.24, 2.45) is 0 Å². The van der Waals surface area contributed by atoms with Gasteiger partial charge in [-0.3, -0.25) is 77.5 Å². The van der Waals surface area contributed by atoms with Crippen molar-refractivity contribution in [1.82, 2.24) is 15.0 Å². The van der Waals surface area contributed by atoms with E-state index < -0.39 is 360 Å². The van der Waals surface area contributed by atoms with Gasteiger partial charge in [-0.2, -0.15) is 135 Å². The van der Waals surface area contributed by atoms with E-state index in [2.05, 4.69) is 77.2 Å². The highest BCUT2D eigenvalue weighted by molar-refractivity contribution is 7.84. The van der Waals surface area contributed by atoms with Crippen LogP contribution in [0.15, 0.2) is 36.5 Å². The Bertz CT molecular complexity index is 6590. The summed E-state index contributed by atoms with van der Waals surface area (Å²) in [4.78, 5) is 0. The number of ether oxygens (including phenoxy) is 10. The van der Waals surface area contributed by atoms with Gasteiger partial charge in [-0.1, -0.05) is 86.9 Å². The van der Waals surface area contributed by atoms with E-state index in [1.807, 2.05) is 30.3 Å². The molecule has 6 heterocycles. The van der Waals surface area contributed by atoms with Gasteiger partial charge in [0.05, 0.1) is 39.2 Å². The largest absolute Gasteiger partial charge is 0.397 e. The van der Waals surface area contributed by atoms with E-state index in [-0.39, 0.29) is 19.3 Å². The third-order valence-electron chi connectivity index (χ3n) is 18.3. The maximum Gasteiger partial charge on any atom is 0.397 e. The Balaban J connectivity index is 1.47. The Hall–Kier alpha value is -4.12. The molecule has 0 aliphatic carbocycles. The minimum absolute atomic E-state index is 0.0267. The van der Waals surface area contributed by atoms with E-state index in [9.17, 15) is 208 Å². The minimum atomic E-state index is -7.13. The number of rotatable bonds is 60. The molecule has 93 heteroatoms. The van der Waals surface area contributed by atoms with E-state index >= 15 is 0 Å². The predicted octanol–water partition coefficient (Wildman–Crippen LogP) is -8.81. The smallest absolute Gasteiger partial charge is 0.350 e. The normalized spacial score (nSPS) is 29.9. The molecular formula is C50H81N3O74S16. The zero-order valence-corrected chi connectivity index (χ0v) is 82.7. The molecule has 77 nitrogen and oxygen atoms in total. The quantitative estimate of drug-likeness (QED) is 0.0216. The highest BCUT2D eigenvalue weighted by Gasteiger charge is 2.65. The molecule has 0 spiro atoms. The lowest BCUT2D eigenvalue weighted by atomic mass is 9.95. The van der Waals surface area contributed by atoms with Gasteiger partial charge in [0, 0.05) is 18.7 Å². The number of aryl methyl sites for hydroxylation is 1. The first-order valence-corrected chi connectivity index (χ1v) is 59.4. The maximum atomic E-state index is 13.5. The van der Waals surface area contributed by atoms with Crippen molar-refractivity contribution >= 4 is 166 Å². The van der Waals surface area contributed by atoms with Crippen molar-refractivity contribution in [1.29, 1.82) is 0 Å². The monoisotopic (exact) mass is 2420 g/mol. The second kappa shape index (κ2) is 50.2. The molecule has 0 unspecified atom stereocenters. The fraction of sp³-hybridized carbons (Fsp3) is 0.840. The molecule has 143 heavy (non-hydrogen) atoms. The molecule has 25 atom stereocenters. The summed E-state index contributed by atoms with van der Waals surface area (Å²) in [5, 5.41) is 8.28. The third kappa shape index (κ3) is 46.5. The zero-order chi connectivity index (χ0) is 108. The summed E-state index contributed by atoms with van der Waals surface area (Å²) in [6.45, 7) is -12.3. The molecule has 5 aliphatic heterocycles. The summed E-state index contributed by atoms with van der Waals surface area (Å²) in [7, 11) is -106. The van der Waals surface area contributed by atoms with Crippen molar-refractivity contribution in [2.75, 3.05) is 39.6 Å². The van der Waals surface area contributed by atoms with Crippen LogP contribution < -0.4 is 0 Å². The number of hydrogen-bond acceptors (Lipinski definition) is 60. The lowest BCUT2D eigenvalue weighted by Crippen LogP contribution is -2.70. The average Bonchev–Trinajstić information content (AvgIpc) is 0.812. The number of aromatic nitrogens is 3. The van der Waals surface area contributed by atoms with Crippen LogP contribution in [0.5, 0.6) is 0 Å². The summed E-state index contributed by atoms with van der Waals surface area (Å²) < 4.78 is 696. The molecular weight excluding hydrogens is 2340 g/mol. The van der Waals surface area contributed by atoms with Gasteiger partial charge in [-0.05, 0) is 12.8 Å². The summed E-state index contributed by atoms with van der Waals surface area (Å²) in [5.41, 5.74) is 1.46. The van der Waals surface area contributed by atoms with E-state index in [1.165, 1.54) is 0 Å². The van der Waals surface area contributed by atoms with Gasteiger partial charge >= 0.3 is 166 Å². The Morgan fingerprint density at radius 1 is 0.238 bits per heavy atom. The molecule has 0 radical (unpaired) electrons. The SMILES string of the molecule is O=S(=O)(O)OC[C@H]1O[C@H](OCCCCCCCCCCCCn2cc(-c3ccccc3)nn2)[C@@H](O[C@H]2O[C@H](COS(=O)(=O)O)[C@@H](OS(=O)(=O)O)[C@H](O[C@H]3O[C@H](COS(=O)(=O)O)[C@@H](OS(=O)(=O)O)[C@H](O[C@H]4O[C@H](COS(=O)(=O)O)[C@@H](OS(=O)(=O)O)[C@H](O[C@H]5O[C@H](COS(=O)(=O)O)[C@@H](OS(=O)(=O)O)[C@H](OS(=O)(=O)O)[C@@H]5OS(=O)(=O)O)[C@@H]4OS(=O)(=O)O)[C@@H]3OS(=O)(=O)O)[C@@H]2OS(=O)(=O)O)[C@@H](OS(=O)(=O)O)[C@@H]1OS(=O)(=O)O. The van der Waals surface area contributed by atoms with Crippen LogP contribution in [0.1, 0.15) is 64.2 Å². The number of benzene rings is 1. The highest BCUT2D eigenvalue weighted by Crippen LogP contribution is 2.44. The Morgan fingerprint density at radius 2 is 0.448 bits per heavy atom. The molecule has 7 rings (SSSR count). The zero-order valence-electron chi connectivity index (χ0n) is 69.6. The molecule has 2 aromatic rings. The van der Waals surface area contributed by atoms with Gasteiger partial charge in [-0.15, -0.1) is 5.10 Å². The maximum absolute atomic E-state index is 13.5. The first-order chi connectivity index (χ1) is 64.8. The Kier molecular flexibility index (Phi) is 44.1. The third-order valence-corrected chi connectivity index (χ3v) is 25.5. The second-order valence-corrected chi connectivity index (χ2v) is 45.7. The summed E-state index contributed by atoms with van der Waals surface area (Å²) in [6, 6.07) is 9.10.